The van der Waals surface area contributed by atoms with Crippen molar-refractivity contribution in [2.75, 3.05) is 13.7 Å². The molecule has 16 heavy (non-hydrogen) atoms. The summed E-state index contributed by atoms with van der Waals surface area (Å²) in [4.78, 5) is 3.17. The lowest BCUT2D eigenvalue weighted by molar-refractivity contribution is 0.166. The van der Waals surface area contributed by atoms with Crippen molar-refractivity contribution in [3.05, 3.63) is 30.0 Å². The number of aliphatic hydroxyl groups excluding tert-OH is 1. The lowest BCUT2D eigenvalue weighted by Gasteiger charge is -2.05. The molecule has 0 saturated carbocycles. The second-order valence-corrected chi connectivity index (χ2v) is 3.77. The highest BCUT2D eigenvalue weighted by Gasteiger charge is 2.10. The molecular weight excluding hydrogens is 204 g/mol. The molecule has 4 N–H and O–H groups in total. The van der Waals surface area contributed by atoms with Crippen molar-refractivity contribution in [2.24, 2.45) is 5.73 Å². The number of aliphatic hydroxyl groups is 1. The monoisotopic (exact) mass is 220 g/mol. The van der Waals surface area contributed by atoms with Gasteiger partial charge in [-0.3, -0.25) is 0 Å². The van der Waals surface area contributed by atoms with E-state index in [0.29, 0.717) is 13.0 Å². The highest BCUT2D eigenvalue weighted by molar-refractivity contribution is 5.81. The molecule has 0 spiro atoms. The molecule has 0 aliphatic carbocycles. The lowest BCUT2D eigenvalue weighted by Crippen LogP contribution is -2.06. The van der Waals surface area contributed by atoms with Crippen LogP contribution >= 0.6 is 0 Å². The van der Waals surface area contributed by atoms with Crippen molar-refractivity contribution < 1.29 is 9.84 Å². The van der Waals surface area contributed by atoms with Gasteiger partial charge in [0.1, 0.15) is 5.75 Å². The fraction of sp³-hybridized carbons (Fsp3) is 0.333. The van der Waals surface area contributed by atoms with Crippen LogP contribution in [0.3, 0.4) is 0 Å². The Hall–Kier alpha value is -1.52. The number of benzene rings is 1. The zero-order valence-corrected chi connectivity index (χ0v) is 9.23. The fourth-order valence-electron chi connectivity index (χ4n) is 1.75. The molecule has 0 aliphatic heterocycles. The van der Waals surface area contributed by atoms with Crippen LogP contribution in [0.2, 0.25) is 0 Å². The number of fused-ring (bicyclic) bond motifs is 1. The Kier molecular flexibility index (Phi) is 3.12. The van der Waals surface area contributed by atoms with E-state index in [2.05, 4.69) is 4.98 Å². The van der Waals surface area contributed by atoms with Gasteiger partial charge in [-0.2, -0.15) is 0 Å². The smallest absolute Gasteiger partial charge is 0.120 e. The molecule has 1 heterocycles. The molecule has 1 aromatic heterocycles. The number of hydrogen-bond donors (Lipinski definition) is 3. The second kappa shape index (κ2) is 4.55. The van der Waals surface area contributed by atoms with E-state index in [1.807, 2.05) is 24.3 Å². The largest absolute Gasteiger partial charge is 0.497 e. The molecule has 4 heteroatoms. The van der Waals surface area contributed by atoms with E-state index in [1.54, 1.807) is 7.11 Å². The summed E-state index contributed by atoms with van der Waals surface area (Å²) < 4.78 is 5.14. The van der Waals surface area contributed by atoms with Crippen LogP contribution in [0.25, 0.3) is 10.9 Å². The van der Waals surface area contributed by atoms with E-state index in [1.165, 1.54) is 0 Å². The molecule has 0 radical (unpaired) electrons. The lowest BCUT2D eigenvalue weighted by atomic mass is 10.2. The number of ether oxygens (including phenoxy) is 1. The number of aromatic nitrogens is 1. The van der Waals surface area contributed by atoms with Gasteiger partial charge in [-0.15, -0.1) is 0 Å². The molecule has 2 aromatic rings. The molecule has 0 bridgehead atoms. The van der Waals surface area contributed by atoms with Gasteiger partial charge >= 0.3 is 0 Å². The molecule has 1 aromatic carbocycles. The van der Waals surface area contributed by atoms with Gasteiger partial charge in [-0.05, 0) is 31.2 Å². The maximum atomic E-state index is 9.81. The summed E-state index contributed by atoms with van der Waals surface area (Å²) in [7, 11) is 1.63. The summed E-state index contributed by atoms with van der Waals surface area (Å²) in [6, 6.07) is 7.71. The fourth-order valence-corrected chi connectivity index (χ4v) is 1.75. The highest BCUT2D eigenvalue weighted by atomic mass is 16.5. The average Bonchev–Trinajstić information content (AvgIpc) is 2.71. The van der Waals surface area contributed by atoms with Crippen molar-refractivity contribution >= 4 is 10.9 Å². The van der Waals surface area contributed by atoms with Gasteiger partial charge in [0.2, 0.25) is 0 Å². The van der Waals surface area contributed by atoms with Gasteiger partial charge in [0.15, 0.2) is 0 Å². The van der Waals surface area contributed by atoms with Crippen molar-refractivity contribution in [3.8, 4) is 5.75 Å². The third-order valence-corrected chi connectivity index (χ3v) is 2.65. The van der Waals surface area contributed by atoms with Crippen molar-refractivity contribution in [2.45, 2.75) is 12.5 Å². The average molecular weight is 220 g/mol. The van der Waals surface area contributed by atoms with Gasteiger partial charge in [-0.25, -0.2) is 0 Å². The number of hydrogen-bond acceptors (Lipinski definition) is 3. The molecule has 0 unspecified atom stereocenters. The topological polar surface area (TPSA) is 71.3 Å². The molecule has 0 aliphatic rings. The van der Waals surface area contributed by atoms with Crippen LogP contribution in [0.1, 0.15) is 18.2 Å². The predicted octanol–water partition coefficient (Wildman–Crippen LogP) is 1.56. The standard InChI is InChI=1S/C12H16N2O2/c1-16-9-3-2-8-6-11(12(15)4-5-13)14-10(8)7-9/h2-3,6-7,12,14-15H,4-5,13H2,1H3/t12-/m0/s1. The summed E-state index contributed by atoms with van der Waals surface area (Å²) in [6.07, 6.45) is 0.0348. The van der Waals surface area contributed by atoms with Crippen LogP contribution in [0.4, 0.5) is 0 Å². The van der Waals surface area contributed by atoms with Gasteiger partial charge in [-0.1, -0.05) is 0 Å². The zero-order chi connectivity index (χ0) is 11.5. The minimum atomic E-state index is -0.525. The Morgan fingerprint density at radius 3 is 2.94 bits per heavy atom. The summed E-state index contributed by atoms with van der Waals surface area (Å²) >= 11 is 0. The quantitative estimate of drug-likeness (QED) is 0.732. The molecule has 0 fully saturated rings. The first-order valence-electron chi connectivity index (χ1n) is 5.29. The maximum Gasteiger partial charge on any atom is 0.120 e. The van der Waals surface area contributed by atoms with E-state index in [9.17, 15) is 5.11 Å². The summed E-state index contributed by atoms with van der Waals surface area (Å²) in [5.74, 6) is 0.800. The van der Waals surface area contributed by atoms with Crippen LogP contribution in [0, 0.1) is 0 Å². The van der Waals surface area contributed by atoms with Crippen molar-refractivity contribution in [1.82, 2.24) is 4.98 Å². The molecule has 2 rings (SSSR count). The molecule has 0 saturated heterocycles. The second-order valence-electron chi connectivity index (χ2n) is 3.77. The van der Waals surface area contributed by atoms with Gasteiger partial charge < -0.3 is 20.6 Å². The Morgan fingerprint density at radius 1 is 1.44 bits per heavy atom. The third kappa shape index (κ3) is 2.03. The first-order valence-corrected chi connectivity index (χ1v) is 5.29. The van der Waals surface area contributed by atoms with E-state index in [4.69, 9.17) is 10.5 Å². The van der Waals surface area contributed by atoms with Crippen molar-refractivity contribution in [1.29, 1.82) is 0 Å². The molecule has 4 nitrogen and oxygen atoms in total. The van der Waals surface area contributed by atoms with Crippen LogP contribution < -0.4 is 10.5 Å². The molecule has 86 valence electrons. The number of rotatable bonds is 4. The van der Waals surface area contributed by atoms with Crippen LogP contribution in [-0.4, -0.2) is 23.7 Å². The number of aromatic amines is 1. The number of methoxy groups -OCH3 is 1. The summed E-state index contributed by atoms with van der Waals surface area (Å²) in [6.45, 7) is 0.472. The zero-order valence-electron chi connectivity index (χ0n) is 9.23. The summed E-state index contributed by atoms with van der Waals surface area (Å²) in [5, 5.41) is 10.9. The first kappa shape index (κ1) is 11.0. The minimum Gasteiger partial charge on any atom is -0.497 e. The van der Waals surface area contributed by atoms with Gasteiger partial charge in [0.05, 0.1) is 13.2 Å². The van der Waals surface area contributed by atoms with E-state index in [0.717, 1.165) is 22.3 Å². The molecule has 1 atom stereocenters. The SMILES string of the molecule is COc1ccc2cc([C@@H](O)CCN)[nH]c2c1. The van der Waals surface area contributed by atoms with Gasteiger partial charge in [0, 0.05) is 22.7 Å². The first-order chi connectivity index (χ1) is 7.74. The Morgan fingerprint density at radius 2 is 2.25 bits per heavy atom. The van der Waals surface area contributed by atoms with Crippen molar-refractivity contribution in [3.63, 3.8) is 0 Å². The number of H-pyrrole nitrogens is 1. The predicted molar refractivity (Wildman–Crippen MR) is 63.5 cm³/mol. The summed E-state index contributed by atoms with van der Waals surface area (Å²) in [5.41, 5.74) is 7.18. The van der Waals surface area contributed by atoms with E-state index < -0.39 is 6.10 Å². The molecular formula is C12H16N2O2. The van der Waals surface area contributed by atoms with E-state index >= 15 is 0 Å². The third-order valence-electron chi connectivity index (χ3n) is 2.65. The molecule has 0 amide bonds. The Balaban J connectivity index is 2.35. The highest BCUT2D eigenvalue weighted by Crippen LogP contribution is 2.24. The number of nitrogens with one attached hydrogen (secondary N) is 1. The van der Waals surface area contributed by atoms with Crippen LogP contribution in [0.15, 0.2) is 24.3 Å². The maximum absolute atomic E-state index is 9.81. The Labute approximate surface area is 94.0 Å². The van der Waals surface area contributed by atoms with Crippen LogP contribution in [0.5, 0.6) is 5.75 Å². The van der Waals surface area contributed by atoms with E-state index in [-0.39, 0.29) is 0 Å². The normalized spacial score (nSPS) is 12.9. The van der Waals surface area contributed by atoms with Gasteiger partial charge in [0.25, 0.3) is 0 Å². The Bertz CT molecular complexity index is 479. The number of nitrogens with two attached hydrogens (primary N) is 1. The van der Waals surface area contributed by atoms with Crippen LogP contribution in [-0.2, 0) is 0 Å². The minimum absolute atomic E-state index is 0.472.